The van der Waals surface area contributed by atoms with Crippen LogP contribution in [0.5, 0.6) is 0 Å². The van der Waals surface area contributed by atoms with E-state index < -0.39 is 0 Å². The van der Waals surface area contributed by atoms with Crippen molar-refractivity contribution in [2.75, 3.05) is 6.61 Å². The molecule has 0 N–H and O–H groups in total. The first-order chi connectivity index (χ1) is 8.74. The highest BCUT2D eigenvalue weighted by Gasteiger charge is 2.37. The van der Waals surface area contributed by atoms with Crippen LogP contribution in [0.2, 0.25) is 0 Å². The molecule has 1 saturated heterocycles. The van der Waals surface area contributed by atoms with Gasteiger partial charge in [0.2, 0.25) is 0 Å². The maximum atomic E-state index is 12.4. The molecule has 3 rings (SSSR count). The van der Waals surface area contributed by atoms with Gasteiger partial charge in [-0.2, -0.15) is 0 Å². The zero-order chi connectivity index (χ0) is 12.5. The van der Waals surface area contributed by atoms with Crippen molar-refractivity contribution in [1.29, 1.82) is 0 Å². The SMILES string of the molecule is Cc1nc(CN(C(=O)C2CCCO2)C2CC2)cs1. The number of amides is 1. The van der Waals surface area contributed by atoms with Crippen molar-refractivity contribution in [3.8, 4) is 0 Å². The van der Waals surface area contributed by atoms with E-state index in [2.05, 4.69) is 4.98 Å². The first-order valence-electron chi connectivity index (χ1n) is 6.57. The number of rotatable bonds is 4. The Kier molecular flexibility index (Phi) is 3.35. The minimum absolute atomic E-state index is 0.167. The van der Waals surface area contributed by atoms with Gasteiger partial charge in [-0.25, -0.2) is 4.98 Å². The van der Waals surface area contributed by atoms with Crippen molar-refractivity contribution in [1.82, 2.24) is 9.88 Å². The molecule has 0 bridgehead atoms. The van der Waals surface area contributed by atoms with Crippen molar-refractivity contribution in [2.45, 2.75) is 51.3 Å². The molecule has 2 fully saturated rings. The number of nitrogens with zero attached hydrogens (tertiary/aromatic N) is 2. The molecule has 1 atom stereocenters. The van der Waals surface area contributed by atoms with Crippen LogP contribution in [0.25, 0.3) is 0 Å². The third-order valence-electron chi connectivity index (χ3n) is 3.47. The summed E-state index contributed by atoms with van der Waals surface area (Å²) in [6.45, 7) is 3.37. The number of carbonyl (C=O) groups is 1. The molecule has 18 heavy (non-hydrogen) atoms. The zero-order valence-electron chi connectivity index (χ0n) is 10.6. The number of thiazole rings is 1. The maximum absolute atomic E-state index is 12.4. The second-order valence-electron chi connectivity index (χ2n) is 5.06. The number of hydrogen-bond donors (Lipinski definition) is 0. The van der Waals surface area contributed by atoms with E-state index in [1.54, 1.807) is 11.3 Å². The second-order valence-corrected chi connectivity index (χ2v) is 6.12. The summed E-state index contributed by atoms with van der Waals surface area (Å²) in [4.78, 5) is 18.8. The minimum Gasteiger partial charge on any atom is -0.368 e. The van der Waals surface area contributed by atoms with Gasteiger partial charge in [-0.15, -0.1) is 11.3 Å². The number of aromatic nitrogens is 1. The highest BCUT2D eigenvalue weighted by Crippen LogP contribution is 2.30. The second kappa shape index (κ2) is 4.97. The predicted octanol–water partition coefficient (Wildman–Crippen LogP) is 2.12. The quantitative estimate of drug-likeness (QED) is 0.838. The monoisotopic (exact) mass is 266 g/mol. The molecule has 4 nitrogen and oxygen atoms in total. The molecule has 1 unspecified atom stereocenters. The molecule has 1 saturated carbocycles. The first-order valence-corrected chi connectivity index (χ1v) is 7.45. The highest BCUT2D eigenvalue weighted by molar-refractivity contribution is 7.09. The number of aryl methyl sites for hydroxylation is 1. The topological polar surface area (TPSA) is 42.4 Å². The average molecular weight is 266 g/mol. The van der Waals surface area contributed by atoms with Crippen LogP contribution in [0.3, 0.4) is 0 Å². The lowest BCUT2D eigenvalue weighted by Gasteiger charge is -2.24. The van der Waals surface area contributed by atoms with Gasteiger partial charge in [0.15, 0.2) is 0 Å². The maximum Gasteiger partial charge on any atom is 0.252 e. The fourth-order valence-corrected chi connectivity index (χ4v) is 2.99. The third kappa shape index (κ3) is 2.57. The van der Waals surface area contributed by atoms with E-state index in [1.807, 2.05) is 17.2 Å². The summed E-state index contributed by atoms with van der Waals surface area (Å²) >= 11 is 1.64. The molecule has 1 aliphatic carbocycles. The van der Waals surface area contributed by atoms with E-state index in [4.69, 9.17) is 4.74 Å². The van der Waals surface area contributed by atoms with Crippen molar-refractivity contribution in [2.24, 2.45) is 0 Å². The summed E-state index contributed by atoms with van der Waals surface area (Å²) in [7, 11) is 0. The lowest BCUT2D eigenvalue weighted by atomic mass is 10.2. The molecule has 0 radical (unpaired) electrons. The van der Waals surface area contributed by atoms with Gasteiger partial charge in [-0.3, -0.25) is 4.79 Å². The summed E-state index contributed by atoms with van der Waals surface area (Å²) in [5.74, 6) is 0.167. The molecule has 1 aromatic heterocycles. The van der Waals surface area contributed by atoms with E-state index in [0.29, 0.717) is 12.6 Å². The Morgan fingerprint density at radius 2 is 2.39 bits per heavy atom. The van der Waals surface area contributed by atoms with Crippen LogP contribution in [-0.2, 0) is 16.1 Å². The standard InChI is InChI=1S/C13H18N2O2S/c1-9-14-10(8-18-9)7-15(11-4-5-11)13(16)12-3-2-6-17-12/h8,11-12H,2-7H2,1H3. The summed E-state index contributed by atoms with van der Waals surface area (Å²) in [5.41, 5.74) is 1.01. The predicted molar refractivity (Wildman–Crippen MR) is 69.4 cm³/mol. The smallest absolute Gasteiger partial charge is 0.252 e. The van der Waals surface area contributed by atoms with Crippen molar-refractivity contribution >= 4 is 17.2 Å². The summed E-state index contributed by atoms with van der Waals surface area (Å²) in [6, 6.07) is 0.420. The zero-order valence-corrected chi connectivity index (χ0v) is 11.4. The lowest BCUT2D eigenvalue weighted by Crippen LogP contribution is -2.40. The van der Waals surface area contributed by atoms with Crippen LogP contribution in [0, 0.1) is 6.92 Å². The molecule has 0 spiro atoms. The average Bonchev–Trinajstić information content (AvgIpc) is 2.89. The molecule has 1 aliphatic heterocycles. The lowest BCUT2D eigenvalue weighted by molar-refractivity contribution is -0.142. The molecule has 2 aliphatic rings. The van der Waals surface area contributed by atoms with E-state index in [-0.39, 0.29) is 12.0 Å². The summed E-state index contributed by atoms with van der Waals surface area (Å²) in [5, 5.41) is 3.11. The van der Waals surface area contributed by atoms with Crippen LogP contribution >= 0.6 is 11.3 Å². The van der Waals surface area contributed by atoms with Gasteiger partial charge < -0.3 is 9.64 Å². The van der Waals surface area contributed by atoms with Crippen molar-refractivity contribution in [3.05, 3.63) is 16.1 Å². The third-order valence-corrected chi connectivity index (χ3v) is 4.30. The summed E-state index contributed by atoms with van der Waals surface area (Å²) < 4.78 is 5.51. The Morgan fingerprint density at radius 3 is 2.94 bits per heavy atom. The Hall–Kier alpha value is -0.940. The van der Waals surface area contributed by atoms with Crippen molar-refractivity contribution in [3.63, 3.8) is 0 Å². The minimum atomic E-state index is -0.203. The van der Waals surface area contributed by atoms with E-state index in [9.17, 15) is 4.79 Å². The fraction of sp³-hybridized carbons (Fsp3) is 0.692. The Morgan fingerprint density at radius 1 is 1.56 bits per heavy atom. The molecule has 1 aromatic rings. The largest absolute Gasteiger partial charge is 0.368 e. The van der Waals surface area contributed by atoms with Crippen LogP contribution in [0.15, 0.2) is 5.38 Å². The highest BCUT2D eigenvalue weighted by atomic mass is 32.1. The van der Waals surface area contributed by atoms with Crippen LogP contribution in [0.1, 0.15) is 36.4 Å². The van der Waals surface area contributed by atoms with Gasteiger partial charge in [-0.1, -0.05) is 0 Å². The molecule has 98 valence electrons. The molecule has 0 aromatic carbocycles. The Balaban J connectivity index is 1.69. The summed E-state index contributed by atoms with van der Waals surface area (Å²) in [6.07, 6.45) is 3.93. The van der Waals surface area contributed by atoms with E-state index in [1.165, 1.54) is 0 Å². The van der Waals surface area contributed by atoms with Crippen molar-refractivity contribution < 1.29 is 9.53 Å². The van der Waals surface area contributed by atoms with Gasteiger partial charge in [0.05, 0.1) is 17.2 Å². The normalized spacial score (nSPS) is 23.3. The molecule has 1 amide bonds. The van der Waals surface area contributed by atoms with Gasteiger partial charge in [-0.05, 0) is 32.6 Å². The molecule has 2 heterocycles. The number of carbonyl (C=O) groups excluding carboxylic acids is 1. The van der Waals surface area contributed by atoms with Gasteiger partial charge in [0.25, 0.3) is 5.91 Å². The molecular formula is C13H18N2O2S. The number of hydrogen-bond acceptors (Lipinski definition) is 4. The molecular weight excluding hydrogens is 248 g/mol. The molecule has 5 heteroatoms. The van der Waals surface area contributed by atoms with E-state index in [0.717, 1.165) is 43.0 Å². The van der Waals surface area contributed by atoms with Crippen LogP contribution in [0.4, 0.5) is 0 Å². The van der Waals surface area contributed by atoms with Crippen LogP contribution in [-0.4, -0.2) is 34.5 Å². The van der Waals surface area contributed by atoms with Gasteiger partial charge >= 0.3 is 0 Å². The number of ether oxygens (including phenoxy) is 1. The fourth-order valence-electron chi connectivity index (χ4n) is 2.39. The van der Waals surface area contributed by atoms with Crippen LogP contribution < -0.4 is 0 Å². The first kappa shape index (κ1) is 12.1. The Labute approximate surface area is 111 Å². The van der Waals surface area contributed by atoms with Gasteiger partial charge in [0, 0.05) is 18.0 Å². The Bertz CT molecular complexity index is 436. The van der Waals surface area contributed by atoms with Gasteiger partial charge in [0.1, 0.15) is 6.10 Å². The van der Waals surface area contributed by atoms with E-state index >= 15 is 0 Å².